The van der Waals surface area contributed by atoms with Crippen LogP contribution in [-0.4, -0.2) is 52.7 Å². The van der Waals surface area contributed by atoms with Gasteiger partial charge in [-0.3, -0.25) is 4.79 Å². The molecular weight excluding hydrogens is 557 g/mol. The Kier molecular flexibility index (Phi) is 6.71. The van der Waals surface area contributed by atoms with E-state index in [0.29, 0.717) is 61.6 Å². The molecule has 0 aliphatic carbocycles. The van der Waals surface area contributed by atoms with Gasteiger partial charge in [0.25, 0.3) is 0 Å². The third-order valence-corrected chi connectivity index (χ3v) is 9.50. The first-order chi connectivity index (χ1) is 19.0. The van der Waals surface area contributed by atoms with E-state index >= 15 is 0 Å². The van der Waals surface area contributed by atoms with Gasteiger partial charge < -0.3 is 14.0 Å². The van der Waals surface area contributed by atoms with Gasteiger partial charge in [-0.15, -0.1) is 0 Å². The summed E-state index contributed by atoms with van der Waals surface area (Å²) in [4.78, 5) is 20.0. The van der Waals surface area contributed by atoms with Crippen LogP contribution in [0.1, 0.15) is 55.0 Å². The lowest BCUT2D eigenvalue weighted by Crippen LogP contribution is -2.40. The number of fused-ring (bicyclic) bond motifs is 1. The van der Waals surface area contributed by atoms with E-state index in [9.17, 15) is 17.6 Å². The van der Waals surface area contributed by atoms with E-state index in [2.05, 4.69) is 9.72 Å². The van der Waals surface area contributed by atoms with Gasteiger partial charge in [-0.1, -0.05) is 22.8 Å². The van der Waals surface area contributed by atoms with E-state index in [-0.39, 0.29) is 17.0 Å². The number of anilines is 1. The number of sulfonamides is 1. The minimum atomic E-state index is -3.37. The maximum atomic E-state index is 14.5. The molecule has 0 bridgehead atoms. The SMILES string of the molecule is Cc1noc(C)c1-c1ccc2c(c1)nc(C1CCCC(=O)N1c1ccc(Cl)c(F)c1)n2C1CCN(S(C)(=O)=O)C1. The molecule has 2 fully saturated rings. The number of benzene rings is 2. The van der Waals surface area contributed by atoms with E-state index in [4.69, 9.17) is 21.1 Å². The van der Waals surface area contributed by atoms with Crippen molar-refractivity contribution in [2.24, 2.45) is 0 Å². The van der Waals surface area contributed by atoms with Crippen molar-refractivity contribution in [3.63, 3.8) is 0 Å². The summed E-state index contributed by atoms with van der Waals surface area (Å²) in [6, 6.07) is 9.66. The van der Waals surface area contributed by atoms with Crippen LogP contribution in [-0.2, 0) is 14.8 Å². The third kappa shape index (κ3) is 4.59. The first-order valence-electron chi connectivity index (χ1n) is 13.2. The van der Waals surface area contributed by atoms with E-state index < -0.39 is 21.9 Å². The summed E-state index contributed by atoms with van der Waals surface area (Å²) in [5.41, 5.74) is 4.53. The van der Waals surface area contributed by atoms with Crippen LogP contribution in [0.5, 0.6) is 0 Å². The zero-order valence-electron chi connectivity index (χ0n) is 22.4. The monoisotopic (exact) mass is 585 g/mol. The van der Waals surface area contributed by atoms with Crippen LogP contribution >= 0.6 is 11.6 Å². The molecule has 2 aromatic heterocycles. The summed E-state index contributed by atoms with van der Waals surface area (Å²) in [5, 5.41) is 4.06. The topological polar surface area (TPSA) is 102 Å². The van der Waals surface area contributed by atoms with Gasteiger partial charge in [0.2, 0.25) is 15.9 Å². The molecule has 4 aromatic rings. The predicted molar refractivity (Wildman–Crippen MR) is 150 cm³/mol. The fourth-order valence-electron chi connectivity index (χ4n) is 6.08. The molecular formula is C28H29ClFN5O4S. The van der Waals surface area contributed by atoms with Crippen LogP contribution < -0.4 is 4.90 Å². The molecule has 2 saturated heterocycles. The second-order valence-electron chi connectivity index (χ2n) is 10.6. The Morgan fingerprint density at radius 1 is 1.12 bits per heavy atom. The highest BCUT2D eigenvalue weighted by molar-refractivity contribution is 7.88. The first-order valence-corrected chi connectivity index (χ1v) is 15.4. The number of hydrogen-bond donors (Lipinski definition) is 0. The molecule has 1 amide bonds. The quantitative estimate of drug-likeness (QED) is 0.304. The molecule has 2 aliphatic rings. The fourth-order valence-corrected chi connectivity index (χ4v) is 7.08. The van der Waals surface area contributed by atoms with Crippen molar-refractivity contribution in [3.05, 3.63) is 64.5 Å². The highest BCUT2D eigenvalue weighted by atomic mass is 35.5. The molecule has 2 unspecified atom stereocenters. The van der Waals surface area contributed by atoms with Crippen molar-refractivity contribution >= 4 is 44.3 Å². The Bertz CT molecular complexity index is 1730. The maximum absolute atomic E-state index is 14.5. The van der Waals surface area contributed by atoms with Crippen molar-refractivity contribution in [1.82, 2.24) is 19.0 Å². The van der Waals surface area contributed by atoms with E-state index in [0.717, 1.165) is 22.3 Å². The summed E-state index contributed by atoms with van der Waals surface area (Å²) in [5.74, 6) is 0.616. The summed E-state index contributed by atoms with van der Waals surface area (Å²) >= 11 is 5.94. The van der Waals surface area contributed by atoms with Crippen molar-refractivity contribution in [2.45, 2.75) is 51.6 Å². The molecule has 0 spiro atoms. The lowest BCUT2D eigenvalue weighted by atomic mass is 9.99. The van der Waals surface area contributed by atoms with E-state index in [1.54, 1.807) is 11.0 Å². The molecule has 2 aliphatic heterocycles. The minimum absolute atomic E-state index is 0.0179. The number of carbonyl (C=O) groups is 1. The highest BCUT2D eigenvalue weighted by Gasteiger charge is 2.38. The van der Waals surface area contributed by atoms with Gasteiger partial charge in [0.05, 0.1) is 40.1 Å². The molecule has 0 saturated carbocycles. The Balaban J connectivity index is 1.52. The van der Waals surface area contributed by atoms with Gasteiger partial charge in [0, 0.05) is 30.8 Å². The number of halogens is 2. The zero-order chi connectivity index (χ0) is 28.3. The molecule has 40 heavy (non-hydrogen) atoms. The number of aromatic nitrogens is 3. The van der Waals surface area contributed by atoms with Gasteiger partial charge in [-0.05, 0) is 69.0 Å². The summed E-state index contributed by atoms with van der Waals surface area (Å²) in [6.07, 6.45) is 3.44. The largest absolute Gasteiger partial charge is 0.361 e. The van der Waals surface area contributed by atoms with Gasteiger partial charge in [-0.2, -0.15) is 0 Å². The van der Waals surface area contributed by atoms with Crippen LogP contribution in [0.25, 0.3) is 22.2 Å². The first kappa shape index (κ1) is 26.9. The fraction of sp³-hybridized carbons (Fsp3) is 0.393. The van der Waals surface area contributed by atoms with Gasteiger partial charge >= 0.3 is 0 Å². The molecule has 6 rings (SSSR count). The molecule has 210 valence electrons. The number of nitrogens with zero attached hydrogens (tertiary/aromatic N) is 5. The van der Waals surface area contributed by atoms with Gasteiger partial charge in [0.15, 0.2) is 0 Å². The third-order valence-electron chi connectivity index (χ3n) is 7.93. The zero-order valence-corrected chi connectivity index (χ0v) is 24.0. The second-order valence-corrected chi connectivity index (χ2v) is 13.0. The molecule has 0 N–H and O–H groups in total. The molecule has 0 radical (unpaired) electrons. The van der Waals surface area contributed by atoms with Crippen LogP contribution in [0, 0.1) is 19.7 Å². The smallest absolute Gasteiger partial charge is 0.227 e. The van der Waals surface area contributed by atoms with Gasteiger partial charge in [0.1, 0.15) is 17.4 Å². The number of carbonyl (C=O) groups excluding carboxylic acids is 1. The van der Waals surface area contributed by atoms with E-state index in [1.165, 1.54) is 22.7 Å². The van der Waals surface area contributed by atoms with Crippen LogP contribution in [0.3, 0.4) is 0 Å². The number of hydrogen-bond acceptors (Lipinski definition) is 6. The number of imidazole rings is 1. The van der Waals surface area contributed by atoms with Crippen molar-refractivity contribution in [3.8, 4) is 11.1 Å². The Labute approximate surface area is 236 Å². The lowest BCUT2D eigenvalue weighted by molar-refractivity contribution is -0.120. The Morgan fingerprint density at radius 3 is 2.60 bits per heavy atom. The van der Waals surface area contributed by atoms with Gasteiger partial charge in [-0.25, -0.2) is 22.1 Å². The highest BCUT2D eigenvalue weighted by Crippen LogP contribution is 2.41. The number of rotatable bonds is 5. The van der Waals surface area contributed by atoms with Crippen LogP contribution in [0.2, 0.25) is 5.02 Å². The second kappa shape index (κ2) is 9.97. The summed E-state index contributed by atoms with van der Waals surface area (Å²) in [7, 11) is -3.37. The number of aryl methyl sites for hydroxylation is 2. The molecule has 9 nitrogen and oxygen atoms in total. The van der Waals surface area contributed by atoms with Crippen LogP contribution in [0.15, 0.2) is 40.9 Å². The van der Waals surface area contributed by atoms with Crippen molar-refractivity contribution < 1.29 is 22.1 Å². The Morgan fingerprint density at radius 2 is 1.93 bits per heavy atom. The average Bonchev–Trinajstić information content (AvgIpc) is 3.62. The number of amides is 1. The summed E-state index contributed by atoms with van der Waals surface area (Å²) < 4.78 is 48.2. The molecule has 2 atom stereocenters. The minimum Gasteiger partial charge on any atom is -0.361 e. The normalized spacial score (nSPS) is 20.6. The average molecular weight is 586 g/mol. The predicted octanol–water partition coefficient (Wildman–Crippen LogP) is 5.57. The lowest BCUT2D eigenvalue weighted by Gasteiger charge is -2.36. The summed E-state index contributed by atoms with van der Waals surface area (Å²) in [6.45, 7) is 4.45. The van der Waals surface area contributed by atoms with Crippen LogP contribution in [0.4, 0.5) is 10.1 Å². The molecule has 12 heteroatoms. The maximum Gasteiger partial charge on any atom is 0.227 e. The van der Waals surface area contributed by atoms with Crippen molar-refractivity contribution in [2.75, 3.05) is 24.2 Å². The Hall–Kier alpha value is -3.28. The molecule has 4 heterocycles. The van der Waals surface area contributed by atoms with E-state index in [1.807, 2.05) is 32.0 Å². The standard InChI is InChI=1S/C28H29ClFN5O4S/c1-16-27(17(2)39-32-16)18-7-10-24-23(13-18)31-28(35(24)20-11-12-33(15-20)40(3,37)38)25-5-4-6-26(36)34(25)19-8-9-21(29)22(30)14-19/h7-10,13-14,20,25H,4-6,11-12,15H2,1-3H3. The van der Waals surface area contributed by atoms with Crippen molar-refractivity contribution in [1.29, 1.82) is 0 Å². The molecule has 2 aromatic carbocycles. The number of piperidine rings is 1.